The fourth-order valence-electron chi connectivity index (χ4n) is 4.69. The van der Waals surface area contributed by atoms with E-state index in [0.717, 1.165) is 27.2 Å². The van der Waals surface area contributed by atoms with Gasteiger partial charge in [-0.3, -0.25) is 9.11 Å². The molecule has 0 bridgehead atoms. The number of fused-ring (bicyclic) bond motifs is 2. The van der Waals surface area contributed by atoms with E-state index in [1.54, 1.807) is 29.6 Å². The minimum absolute atomic E-state index is 0.124. The lowest BCUT2D eigenvalue weighted by molar-refractivity contribution is 0.127. The molecule has 1 aromatic rings. The minimum atomic E-state index is -4.42. The molecule has 1 unspecified atom stereocenters. The summed E-state index contributed by atoms with van der Waals surface area (Å²) in [5, 5.41) is 10.3. The predicted molar refractivity (Wildman–Crippen MR) is 164 cm³/mol. The van der Waals surface area contributed by atoms with Crippen LogP contribution in [0.25, 0.3) is 20.8 Å². The second-order valence-corrected chi connectivity index (χ2v) is 15.5. The van der Waals surface area contributed by atoms with Gasteiger partial charge in [0.15, 0.2) is 0 Å². The summed E-state index contributed by atoms with van der Waals surface area (Å²) in [5.74, 6) is -0.148. The van der Waals surface area contributed by atoms with Gasteiger partial charge in [0.25, 0.3) is 20.2 Å². The Kier molecular flexibility index (Phi) is 9.78. The molecule has 0 aromatic heterocycles. The van der Waals surface area contributed by atoms with Crippen LogP contribution in [-0.4, -0.2) is 48.9 Å². The first kappa shape index (κ1) is 32.8. The predicted octanol–water partition coefficient (Wildman–Crippen LogP) is 5.35. The average Bonchev–Trinajstić information content (AvgIpc) is 3.02. The summed E-state index contributed by atoms with van der Waals surface area (Å²) >= 11 is 1.60. The number of rotatable bonds is 6. The SMILES string of the molecule is CC1C=CC=C(N=c2ccc3nc4cc(C(C)(C)CC(C)(C)CO)ccc4sc-3c2)C(S(=O)(=O)O)=C1.CS(=O)(=O)O. The highest BCUT2D eigenvalue weighted by atomic mass is 32.2. The first-order chi connectivity index (χ1) is 18.8. The van der Waals surface area contributed by atoms with Gasteiger partial charge >= 0.3 is 0 Å². The third-order valence-electron chi connectivity index (χ3n) is 6.36. The summed E-state index contributed by atoms with van der Waals surface area (Å²) in [6.07, 6.45) is 8.23. The first-order valence-electron chi connectivity index (χ1n) is 12.8. The number of hydrogen-bond acceptors (Lipinski definition) is 8. The number of aliphatic hydroxyl groups excluding tert-OH is 1. The molecule has 3 N–H and O–H groups in total. The summed E-state index contributed by atoms with van der Waals surface area (Å²) in [6.45, 7) is 10.5. The summed E-state index contributed by atoms with van der Waals surface area (Å²) in [7, 11) is -8.08. The van der Waals surface area contributed by atoms with Crippen molar-refractivity contribution < 1.29 is 31.0 Å². The third-order valence-corrected chi connectivity index (χ3v) is 8.37. The van der Waals surface area contributed by atoms with Crippen LogP contribution in [0.2, 0.25) is 0 Å². The Morgan fingerprint density at radius 2 is 1.68 bits per heavy atom. The summed E-state index contributed by atoms with van der Waals surface area (Å²) in [4.78, 5) is 10.2. The van der Waals surface area contributed by atoms with Gasteiger partial charge in [-0.15, -0.1) is 11.3 Å². The molecule has 41 heavy (non-hydrogen) atoms. The van der Waals surface area contributed by atoms with E-state index in [9.17, 15) is 26.5 Å². The Hall–Kier alpha value is -2.74. The Bertz CT molecular complexity index is 1770. The maximum absolute atomic E-state index is 12.0. The summed E-state index contributed by atoms with van der Waals surface area (Å²) in [5.41, 5.74) is 2.80. The molecular formula is C29H36N2O7S3. The Balaban J connectivity index is 0.000000850. The van der Waals surface area contributed by atoms with E-state index < -0.39 is 20.2 Å². The van der Waals surface area contributed by atoms with E-state index in [-0.39, 0.29) is 34.0 Å². The van der Waals surface area contributed by atoms with E-state index in [1.165, 1.54) is 11.6 Å². The van der Waals surface area contributed by atoms with Crippen LogP contribution in [-0.2, 0) is 25.7 Å². The van der Waals surface area contributed by atoms with Gasteiger partial charge in [-0.25, -0.2) is 9.98 Å². The highest BCUT2D eigenvalue weighted by molar-refractivity contribution is 7.90. The average molecular weight is 621 g/mol. The van der Waals surface area contributed by atoms with Gasteiger partial charge in [0.2, 0.25) is 0 Å². The van der Waals surface area contributed by atoms with Gasteiger partial charge in [-0.1, -0.05) is 58.9 Å². The quantitative estimate of drug-likeness (QED) is 0.246. The molecule has 0 saturated carbocycles. The maximum Gasteiger partial charge on any atom is 0.296 e. The first-order valence-corrected chi connectivity index (χ1v) is 16.9. The number of aromatic nitrogens is 1. The summed E-state index contributed by atoms with van der Waals surface area (Å²) < 4.78 is 60.6. The van der Waals surface area contributed by atoms with E-state index in [2.05, 4.69) is 50.9 Å². The molecule has 1 aliphatic heterocycles. The minimum Gasteiger partial charge on any atom is -0.396 e. The van der Waals surface area contributed by atoms with Gasteiger partial charge in [-0.2, -0.15) is 16.8 Å². The van der Waals surface area contributed by atoms with Gasteiger partial charge in [0, 0.05) is 6.61 Å². The number of hydrogen-bond donors (Lipinski definition) is 3. The van der Waals surface area contributed by atoms with Crippen molar-refractivity contribution in [2.45, 2.75) is 46.5 Å². The van der Waals surface area contributed by atoms with Crippen molar-refractivity contribution >= 4 is 41.8 Å². The Morgan fingerprint density at radius 1 is 1.02 bits per heavy atom. The van der Waals surface area contributed by atoms with Crippen LogP contribution in [0.4, 0.5) is 0 Å². The molecule has 4 rings (SSSR count). The van der Waals surface area contributed by atoms with Crippen molar-refractivity contribution in [3.8, 4) is 10.6 Å². The zero-order chi connectivity index (χ0) is 30.8. The molecule has 0 amide bonds. The molecule has 1 heterocycles. The van der Waals surface area contributed by atoms with Gasteiger partial charge in [0.05, 0.1) is 38.1 Å². The van der Waals surface area contributed by atoms with Crippen LogP contribution in [0.3, 0.4) is 0 Å². The Morgan fingerprint density at radius 3 is 2.29 bits per heavy atom. The standard InChI is InChI=1S/C28H32N2O4S2.CH4O3S/c1-18-7-6-8-22(26(13-18)36(32,33)34)29-20-10-11-21-25(15-20)35-24-12-9-19(14-23(24)30-21)28(4,5)16-27(2,3)17-31;1-5(2,3)4/h6-15,18,31H,16-17H2,1-5H3,(H,32,33,34);1H3,(H,2,3,4). The molecule has 0 fully saturated rings. The zero-order valence-electron chi connectivity index (χ0n) is 23.9. The van der Waals surface area contributed by atoms with Crippen molar-refractivity contribution in [2.75, 3.05) is 12.9 Å². The molecule has 222 valence electrons. The fourth-order valence-corrected chi connectivity index (χ4v) is 6.44. The van der Waals surface area contributed by atoms with E-state index >= 15 is 0 Å². The molecule has 2 aliphatic carbocycles. The molecule has 0 saturated heterocycles. The lowest BCUT2D eigenvalue weighted by atomic mass is 9.72. The van der Waals surface area contributed by atoms with Crippen LogP contribution in [0.15, 0.2) is 76.3 Å². The van der Waals surface area contributed by atoms with Crippen molar-refractivity contribution in [2.24, 2.45) is 16.3 Å². The molecule has 0 spiro atoms. The molecular weight excluding hydrogens is 585 g/mol. The van der Waals surface area contributed by atoms with Crippen molar-refractivity contribution in [3.05, 3.63) is 82.2 Å². The highest BCUT2D eigenvalue weighted by Gasteiger charge is 2.30. The van der Waals surface area contributed by atoms with Crippen molar-refractivity contribution in [1.29, 1.82) is 0 Å². The van der Waals surface area contributed by atoms with Gasteiger partial charge in [-0.05, 0) is 65.1 Å². The zero-order valence-corrected chi connectivity index (χ0v) is 26.3. The molecule has 1 aromatic carbocycles. The lowest BCUT2D eigenvalue weighted by Crippen LogP contribution is -2.29. The summed E-state index contributed by atoms with van der Waals surface area (Å²) in [6, 6.07) is 11.9. The normalized spacial score (nSPS) is 17.1. The number of benzene rings is 2. The van der Waals surface area contributed by atoms with Gasteiger partial charge < -0.3 is 5.11 Å². The monoisotopic (exact) mass is 620 g/mol. The van der Waals surface area contributed by atoms with Crippen molar-refractivity contribution in [1.82, 2.24) is 4.98 Å². The van der Waals surface area contributed by atoms with E-state index in [1.807, 2.05) is 25.1 Å². The topological polar surface area (TPSA) is 154 Å². The van der Waals surface area contributed by atoms with Crippen LogP contribution >= 0.6 is 11.3 Å². The van der Waals surface area contributed by atoms with Crippen LogP contribution in [0.5, 0.6) is 0 Å². The second kappa shape index (κ2) is 12.2. The number of allylic oxidation sites excluding steroid dienone is 4. The Labute approximate surface area is 245 Å². The number of aliphatic hydroxyl groups is 1. The maximum atomic E-state index is 12.0. The molecule has 0 radical (unpaired) electrons. The van der Waals surface area contributed by atoms with Crippen LogP contribution < -0.4 is 5.36 Å². The van der Waals surface area contributed by atoms with Crippen LogP contribution in [0.1, 0.15) is 46.6 Å². The van der Waals surface area contributed by atoms with Gasteiger partial charge in [0.1, 0.15) is 4.91 Å². The number of nitrogens with zero attached hydrogens (tertiary/aromatic N) is 2. The van der Waals surface area contributed by atoms with Crippen molar-refractivity contribution in [3.63, 3.8) is 0 Å². The molecule has 12 heteroatoms. The third kappa shape index (κ3) is 9.38. The van der Waals surface area contributed by atoms with E-state index in [0.29, 0.717) is 11.6 Å². The molecule has 9 nitrogen and oxygen atoms in total. The second-order valence-electron chi connectivity index (χ2n) is 11.6. The van der Waals surface area contributed by atoms with Crippen LogP contribution in [0, 0.1) is 11.3 Å². The fraction of sp³-hybridized carbons (Fsp3) is 0.379. The smallest absolute Gasteiger partial charge is 0.296 e. The molecule has 3 aliphatic rings. The van der Waals surface area contributed by atoms with E-state index in [4.69, 9.17) is 9.54 Å². The lowest BCUT2D eigenvalue weighted by Gasteiger charge is -2.34. The largest absolute Gasteiger partial charge is 0.396 e. The molecule has 1 atom stereocenters. The highest BCUT2D eigenvalue weighted by Crippen LogP contribution is 2.38.